The Morgan fingerprint density at radius 1 is 1.21 bits per heavy atom. The van der Waals surface area contributed by atoms with Crippen LogP contribution < -0.4 is 16.0 Å². The number of carbonyl (C=O) groups excluding carboxylic acids is 2. The number of fused-ring (bicyclic) bond motifs is 1. The van der Waals surface area contributed by atoms with Gasteiger partial charge in [0, 0.05) is 31.0 Å². The molecule has 0 spiro atoms. The Kier molecular flexibility index (Phi) is 6.20. The molecule has 1 aliphatic heterocycles. The minimum absolute atomic E-state index is 0.0737. The van der Waals surface area contributed by atoms with Crippen molar-refractivity contribution >= 4 is 39.4 Å². The SMILES string of the molecule is Cc1cncc(C(C)Nc2nc(C(=O)N3CC(NC(=O)NC(C)(C)C)C3)c3sccc3n2)c1. The van der Waals surface area contributed by atoms with E-state index in [1.54, 1.807) is 4.90 Å². The Morgan fingerprint density at radius 2 is 1.97 bits per heavy atom. The second-order valence-electron chi connectivity index (χ2n) is 9.45. The van der Waals surface area contributed by atoms with Crippen LogP contribution in [0.15, 0.2) is 29.9 Å². The van der Waals surface area contributed by atoms with Gasteiger partial charge in [0.15, 0.2) is 5.69 Å². The van der Waals surface area contributed by atoms with Crippen LogP contribution in [-0.2, 0) is 0 Å². The van der Waals surface area contributed by atoms with Gasteiger partial charge in [0.1, 0.15) is 0 Å². The van der Waals surface area contributed by atoms with E-state index in [-0.39, 0.29) is 29.6 Å². The summed E-state index contributed by atoms with van der Waals surface area (Å²) in [5.74, 6) is 0.241. The molecule has 3 aromatic heterocycles. The Bertz CT molecular complexity index is 1180. The average molecular weight is 468 g/mol. The van der Waals surface area contributed by atoms with E-state index in [1.165, 1.54) is 11.3 Å². The summed E-state index contributed by atoms with van der Waals surface area (Å²) < 4.78 is 0.761. The Morgan fingerprint density at radius 3 is 2.67 bits per heavy atom. The molecule has 0 radical (unpaired) electrons. The minimum Gasteiger partial charge on any atom is -0.348 e. The fourth-order valence-electron chi connectivity index (χ4n) is 3.61. The number of amides is 3. The van der Waals surface area contributed by atoms with Gasteiger partial charge in [0.2, 0.25) is 5.95 Å². The van der Waals surface area contributed by atoms with Gasteiger partial charge < -0.3 is 20.9 Å². The Balaban J connectivity index is 1.46. The lowest BCUT2D eigenvalue weighted by Gasteiger charge is -2.39. The molecule has 4 rings (SSSR count). The first-order valence-corrected chi connectivity index (χ1v) is 11.8. The second-order valence-corrected chi connectivity index (χ2v) is 10.4. The van der Waals surface area contributed by atoms with E-state index in [2.05, 4.69) is 37.0 Å². The number of carbonyl (C=O) groups is 2. The quantitative estimate of drug-likeness (QED) is 0.530. The molecule has 1 unspecified atom stereocenters. The third-order valence-electron chi connectivity index (χ3n) is 5.24. The van der Waals surface area contributed by atoms with Crippen LogP contribution in [0.3, 0.4) is 0 Å². The molecule has 1 fully saturated rings. The summed E-state index contributed by atoms with van der Waals surface area (Å²) in [6, 6.07) is 3.56. The van der Waals surface area contributed by atoms with Gasteiger partial charge in [-0.25, -0.2) is 14.8 Å². The van der Waals surface area contributed by atoms with Crippen LogP contribution in [0.25, 0.3) is 10.2 Å². The highest BCUT2D eigenvalue weighted by Gasteiger charge is 2.34. The summed E-state index contributed by atoms with van der Waals surface area (Å²) in [4.78, 5) is 40.4. The van der Waals surface area contributed by atoms with Crippen LogP contribution >= 0.6 is 11.3 Å². The second kappa shape index (κ2) is 8.93. The molecule has 1 aliphatic rings. The van der Waals surface area contributed by atoms with Crippen molar-refractivity contribution < 1.29 is 9.59 Å². The number of anilines is 1. The molecular formula is C23H29N7O2S. The molecule has 3 N–H and O–H groups in total. The molecule has 0 bridgehead atoms. The van der Waals surface area contributed by atoms with Crippen molar-refractivity contribution in [2.24, 2.45) is 0 Å². The van der Waals surface area contributed by atoms with Gasteiger partial charge >= 0.3 is 6.03 Å². The zero-order valence-electron chi connectivity index (χ0n) is 19.5. The number of hydrogen-bond donors (Lipinski definition) is 3. The van der Waals surface area contributed by atoms with Gasteiger partial charge in [-0.15, -0.1) is 11.3 Å². The lowest BCUT2D eigenvalue weighted by molar-refractivity contribution is 0.0572. The standard InChI is InChI=1S/C23H29N7O2S/c1-13-8-15(10-24-9-13)14(2)25-21-27-17-6-7-33-19(17)18(28-21)20(31)30-11-16(12-30)26-22(32)29-23(3,4)5/h6-10,14,16H,11-12H2,1-5H3,(H,25,27,28)(H2,26,29,32). The van der Waals surface area contributed by atoms with Gasteiger partial charge in [-0.1, -0.05) is 6.07 Å². The van der Waals surface area contributed by atoms with Gasteiger partial charge in [0.25, 0.3) is 5.91 Å². The summed E-state index contributed by atoms with van der Waals surface area (Å²) in [5, 5.41) is 11.0. The molecule has 174 valence electrons. The van der Waals surface area contributed by atoms with Crippen molar-refractivity contribution in [2.45, 2.75) is 52.2 Å². The molecule has 3 aromatic rings. The van der Waals surface area contributed by atoms with Crippen molar-refractivity contribution in [1.29, 1.82) is 0 Å². The first-order chi connectivity index (χ1) is 15.6. The molecule has 1 atom stereocenters. The third kappa shape index (κ3) is 5.39. The van der Waals surface area contributed by atoms with Crippen molar-refractivity contribution in [2.75, 3.05) is 18.4 Å². The first kappa shape index (κ1) is 22.9. The highest BCUT2D eigenvalue weighted by atomic mass is 32.1. The number of aryl methyl sites for hydroxylation is 1. The maximum Gasteiger partial charge on any atom is 0.315 e. The summed E-state index contributed by atoms with van der Waals surface area (Å²) >= 11 is 1.45. The van der Waals surface area contributed by atoms with Crippen LogP contribution in [0, 0.1) is 6.92 Å². The van der Waals surface area contributed by atoms with Crippen molar-refractivity contribution in [3.05, 3.63) is 46.7 Å². The van der Waals surface area contributed by atoms with Crippen LogP contribution in [0.2, 0.25) is 0 Å². The Labute approximate surface area is 197 Å². The predicted molar refractivity (Wildman–Crippen MR) is 130 cm³/mol. The third-order valence-corrected chi connectivity index (χ3v) is 6.15. The highest BCUT2D eigenvalue weighted by molar-refractivity contribution is 7.17. The van der Waals surface area contributed by atoms with Crippen molar-refractivity contribution in [1.82, 2.24) is 30.5 Å². The van der Waals surface area contributed by atoms with Gasteiger partial charge in [0.05, 0.1) is 22.3 Å². The average Bonchev–Trinajstić information content (AvgIpc) is 3.16. The Hall–Kier alpha value is -3.27. The van der Waals surface area contributed by atoms with E-state index < -0.39 is 0 Å². The summed E-state index contributed by atoms with van der Waals surface area (Å²) in [6.45, 7) is 10.7. The largest absolute Gasteiger partial charge is 0.348 e. The lowest BCUT2D eigenvalue weighted by Crippen LogP contribution is -2.63. The molecular weight excluding hydrogens is 438 g/mol. The number of nitrogens with one attached hydrogen (secondary N) is 3. The van der Waals surface area contributed by atoms with Crippen molar-refractivity contribution in [3.8, 4) is 0 Å². The van der Waals surface area contributed by atoms with E-state index in [4.69, 9.17) is 0 Å². The maximum atomic E-state index is 13.2. The molecule has 3 amide bonds. The smallest absolute Gasteiger partial charge is 0.315 e. The number of hydrogen-bond acceptors (Lipinski definition) is 7. The molecule has 4 heterocycles. The normalized spacial score (nSPS) is 15.1. The van der Waals surface area contributed by atoms with Crippen LogP contribution in [0.5, 0.6) is 0 Å². The number of nitrogens with zero attached hydrogens (tertiary/aromatic N) is 4. The highest BCUT2D eigenvalue weighted by Crippen LogP contribution is 2.27. The fourth-order valence-corrected chi connectivity index (χ4v) is 4.42. The van der Waals surface area contributed by atoms with Gasteiger partial charge in [-0.05, 0) is 57.2 Å². The zero-order valence-corrected chi connectivity index (χ0v) is 20.3. The molecule has 0 aliphatic carbocycles. The van der Waals surface area contributed by atoms with E-state index in [0.717, 1.165) is 21.3 Å². The van der Waals surface area contributed by atoms with E-state index in [9.17, 15) is 9.59 Å². The minimum atomic E-state index is -0.315. The molecule has 0 aromatic carbocycles. The topological polar surface area (TPSA) is 112 Å². The van der Waals surface area contributed by atoms with Crippen LogP contribution in [0.4, 0.5) is 10.7 Å². The number of likely N-dealkylation sites (tertiary alicyclic amines) is 1. The zero-order chi connectivity index (χ0) is 23.8. The van der Waals surface area contributed by atoms with Gasteiger partial charge in [-0.2, -0.15) is 0 Å². The van der Waals surface area contributed by atoms with Crippen molar-refractivity contribution in [3.63, 3.8) is 0 Å². The number of thiophene rings is 1. The number of aromatic nitrogens is 3. The maximum absolute atomic E-state index is 13.2. The fraction of sp³-hybridized carbons (Fsp3) is 0.435. The predicted octanol–water partition coefficient (Wildman–Crippen LogP) is 3.49. The lowest BCUT2D eigenvalue weighted by atomic mass is 10.1. The molecule has 9 nitrogen and oxygen atoms in total. The monoisotopic (exact) mass is 467 g/mol. The van der Waals surface area contributed by atoms with E-state index >= 15 is 0 Å². The molecule has 1 saturated heterocycles. The van der Waals surface area contributed by atoms with Crippen LogP contribution in [0.1, 0.15) is 55.4 Å². The number of urea groups is 1. The molecule has 33 heavy (non-hydrogen) atoms. The first-order valence-electron chi connectivity index (χ1n) is 10.9. The molecule has 10 heteroatoms. The summed E-state index contributed by atoms with van der Waals surface area (Å²) in [6.07, 6.45) is 3.62. The molecule has 0 saturated carbocycles. The number of pyridine rings is 1. The number of rotatable bonds is 5. The summed E-state index contributed by atoms with van der Waals surface area (Å²) in [5.41, 5.74) is 2.88. The van der Waals surface area contributed by atoms with Gasteiger partial charge in [-0.3, -0.25) is 9.78 Å². The van der Waals surface area contributed by atoms with E-state index in [0.29, 0.717) is 24.7 Å². The van der Waals surface area contributed by atoms with Crippen LogP contribution in [-0.4, -0.2) is 56.5 Å². The summed E-state index contributed by atoms with van der Waals surface area (Å²) in [7, 11) is 0. The van der Waals surface area contributed by atoms with E-state index in [1.807, 2.05) is 58.5 Å².